The van der Waals surface area contributed by atoms with Gasteiger partial charge in [0.25, 0.3) is 0 Å². The lowest BCUT2D eigenvalue weighted by Crippen LogP contribution is -2.40. The molecule has 0 N–H and O–H groups in total. The molecule has 202 valence electrons. The van der Waals surface area contributed by atoms with Crippen LogP contribution in [0.2, 0.25) is 0 Å². The minimum absolute atomic E-state index is 0.000539. The van der Waals surface area contributed by atoms with E-state index in [1.807, 2.05) is 38.1 Å². The molecule has 1 aliphatic rings. The largest absolute Gasteiger partial charge is 0.497 e. The summed E-state index contributed by atoms with van der Waals surface area (Å²) in [6.45, 7) is 5.22. The van der Waals surface area contributed by atoms with E-state index in [2.05, 4.69) is 4.57 Å². The first kappa shape index (κ1) is 27.6. The van der Waals surface area contributed by atoms with Crippen LogP contribution in [0.25, 0.3) is 0 Å². The number of sulfonamides is 1. The summed E-state index contributed by atoms with van der Waals surface area (Å²) >= 11 is 0. The van der Waals surface area contributed by atoms with Crippen molar-refractivity contribution < 1.29 is 32.2 Å². The Morgan fingerprint density at radius 2 is 1.71 bits per heavy atom. The van der Waals surface area contributed by atoms with Gasteiger partial charge in [-0.05, 0) is 62.2 Å². The summed E-state index contributed by atoms with van der Waals surface area (Å²) < 4.78 is 44.9. The number of esters is 1. The first-order chi connectivity index (χ1) is 18.2. The molecule has 2 aromatic carbocycles. The summed E-state index contributed by atoms with van der Waals surface area (Å²) in [5, 5.41) is 0. The first-order valence-corrected chi connectivity index (χ1v) is 13.8. The van der Waals surface area contributed by atoms with E-state index in [9.17, 15) is 18.0 Å². The number of carbonyl (C=O) groups excluding carboxylic acids is 2. The topological polar surface area (TPSA) is 104 Å². The second-order valence-electron chi connectivity index (χ2n) is 9.08. The molecule has 0 spiro atoms. The number of hydrogen-bond acceptors (Lipinski definition) is 7. The van der Waals surface area contributed by atoms with E-state index in [0.717, 1.165) is 29.1 Å². The summed E-state index contributed by atoms with van der Waals surface area (Å²) in [5.41, 5.74) is 3.45. The lowest BCUT2D eigenvalue weighted by Gasteiger charge is -2.26. The molecule has 0 amide bonds. The lowest BCUT2D eigenvalue weighted by molar-refractivity contribution is 0.0474. The Kier molecular flexibility index (Phi) is 8.65. The Balaban J connectivity index is 1.39. The fourth-order valence-electron chi connectivity index (χ4n) is 4.47. The lowest BCUT2D eigenvalue weighted by atomic mass is 10.1. The molecule has 1 aliphatic heterocycles. The number of Topliss-reactive ketones (excluding diaryl/α,β-unsaturated/α-hetero) is 1. The predicted octanol–water partition coefficient (Wildman–Crippen LogP) is 3.42. The summed E-state index contributed by atoms with van der Waals surface area (Å²) in [7, 11) is -2.13. The third-order valence-electron chi connectivity index (χ3n) is 6.67. The van der Waals surface area contributed by atoms with Crippen molar-refractivity contribution >= 4 is 21.8 Å². The second-order valence-corrected chi connectivity index (χ2v) is 11.0. The predicted molar refractivity (Wildman–Crippen MR) is 141 cm³/mol. The zero-order valence-electron chi connectivity index (χ0n) is 21.8. The Hall–Kier alpha value is -3.47. The van der Waals surface area contributed by atoms with Crippen LogP contribution in [0, 0.1) is 13.8 Å². The highest BCUT2D eigenvalue weighted by Gasteiger charge is 2.27. The normalized spacial score (nSPS) is 14.3. The summed E-state index contributed by atoms with van der Waals surface area (Å²) in [5.74, 6) is -0.278. The SMILES string of the molecule is COc1ccc(CCn2c(C)cc(C(=O)COC(=O)c3cccc(S(=O)(=O)N4CCOCC4)c3)c2C)cc1. The molecule has 2 heterocycles. The van der Waals surface area contributed by atoms with E-state index in [1.54, 1.807) is 13.2 Å². The number of morpholine rings is 1. The Morgan fingerprint density at radius 3 is 2.39 bits per heavy atom. The molecule has 0 radical (unpaired) electrons. The Morgan fingerprint density at radius 1 is 1.00 bits per heavy atom. The molecule has 1 saturated heterocycles. The van der Waals surface area contributed by atoms with Crippen LogP contribution in [0.15, 0.2) is 59.5 Å². The van der Waals surface area contributed by atoms with E-state index in [0.29, 0.717) is 25.3 Å². The van der Waals surface area contributed by atoms with Gasteiger partial charge in [-0.3, -0.25) is 4.79 Å². The molecule has 10 heteroatoms. The third-order valence-corrected chi connectivity index (χ3v) is 8.56. The maximum Gasteiger partial charge on any atom is 0.338 e. The number of rotatable bonds is 10. The minimum Gasteiger partial charge on any atom is -0.497 e. The summed E-state index contributed by atoms with van der Waals surface area (Å²) in [6.07, 6.45) is 0.784. The van der Waals surface area contributed by atoms with Crippen molar-refractivity contribution in [3.8, 4) is 5.75 Å². The number of benzene rings is 2. The molecule has 1 fully saturated rings. The van der Waals surface area contributed by atoms with Gasteiger partial charge in [-0.2, -0.15) is 4.31 Å². The molecule has 1 aromatic heterocycles. The number of aryl methyl sites for hydroxylation is 2. The molecule has 0 bridgehead atoms. The van der Waals surface area contributed by atoms with Gasteiger partial charge in [0.1, 0.15) is 5.75 Å². The highest BCUT2D eigenvalue weighted by molar-refractivity contribution is 7.89. The van der Waals surface area contributed by atoms with Gasteiger partial charge in [-0.15, -0.1) is 0 Å². The molecule has 9 nitrogen and oxygen atoms in total. The molecular weight excluding hydrogens is 508 g/mol. The smallest absolute Gasteiger partial charge is 0.338 e. The van der Waals surface area contributed by atoms with Crippen molar-refractivity contribution in [2.24, 2.45) is 0 Å². The van der Waals surface area contributed by atoms with Crippen LogP contribution in [0.1, 0.15) is 37.7 Å². The van der Waals surface area contributed by atoms with E-state index in [1.165, 1.54) is 28.6 Å². The number of carbonyl (C=O) groups is 2. The number of hydrogen-bond donors (Lipinski definition) is 0. The van der Waals surface area contributed by atoms with Gasteiger partial charge in [0.05, 0.1) is 30.8 Å². The van der Waals surface area contributed by atoms with Crippen molar-refractivity contribution in [3.63, 3.8) is 0 Å². The molecule has 0 atom stereocenters. The summed E-state index contributed by atoms with van der Waals surface area (Å²) in [6, 6.07) is 15.3. The Labute approximate surface area is 223 Å². The van der Waals surface area contributed by atoms with Crippen molar-refractivity contribution in [2.75, 3.05) is 40.0 Å². The van der Waals surface area contributed by atoms with Crippen molar-refractivity contribution in [1.82, 2.24) is 8.87 Å². The monoisotopic (exact) mass is 540 g/mol. The number of methoxy groups -OCH3 is 1. The van der Waals surface area contributed by atoms with Crippen LogP contribution < -0.4 is 4.74 Å². The molecule has 4 rings (SSSR count). The minimum atomic E-state index is -3.76. The summed E-state index contributed by atoms with van der Waals surface area (Å²) in [4.78, 5) is 25.6. The van der Waals surface area contributed by atoms with Crippen LogP contribution in [-0.4, -0.2) is 69.1 Å². The zero-order chi connectivity index (χ0) is 27.3. The van der Waals surface area contributed by atoms with Gasteiger partial charge in [0.15, 0.2) is 6.61 Å². The molecule has 38 heavy (non-hydrogen) atoms. The number of ether oxygens (including phenoxy) is 3. The Bertz CT molecular complexity index is 1410. The van der Waals surface area contributed by atoms with E-state index < -0.39 is 22.6 Å². The fourth-order valence-corrected chi connectivity index (χ4v) is 5.93. The van der Waals surface area contributed by atoms with Crippen LogP contribution in [0.5, 0.6) is 5.75 Å². The molecule has 0 unspecified atom stereocenters. The molecule has 3 aromatic rings. The van der Waals surface area contributed by atoms with Crippen LogP contribution >= 0.6 is 0 Å². The number of ketones is 1. The maximum absolute atomic E-state index is 12.9. The number of aromatic nitrogens is 1. The highest BCUT2D eigenvalue weighted by Crippen LogP contribution is 2.20. The molecule has 0 saturated carbocycles. The van der Waals surface area contributed by atoms with E-state index >= 15 is 0 Å². The van der Waals surface area contributed by atoms with Gasteiger partial charge in [0.2, 0.25) is 15.8 Å². The average molecular weight is 541 g/mol. The quantitative estimate of drug-likeness (QED) is 0.287. The van der Waals surface area contributed by atoms with E-state index in [4.69, 9.17) is 14.2 Å². The van der Waals surface area contributed by atoms with Gasteiger partial charge < -0.3 is 18.8 Å². The van der Waals surface area contributed by atoms with Crippen LogP contribution in [-0.2, 0) is 32.5 Å². The van der Waals surface area contributed by atoms with Crippen LogP contribution in [0.3, 0.4) is 0 Å². The standard InChI is InChI=1S/C28H32N2O7S/c1-20-17-26(21(2)30(20)12-11-22-7-9-24(35-3)10-8-22)27(31)19-37-28(32)23-5-4-6-25(18-23)38(33,34)29-13-15-36-16-14-29/h4-10,17-18H,11-16,19H2,1-3H3. The molecular formula is C28H32N2O7S. The van der Waals surface area contributed by atoms with Crippen molar-refractivity contribution in [2.45, 2.75) is 31.7 Å². The second kappa shape index (κ2) is 11.9. The average Bonchev–Trinajstić information content (AvgIpc) is 3.23. The van der Waals surface area contributed by atoms with Gasteiger partial charge >= 0.3 is 5.97 Å². The molecule has 0 aliphatic carbocycles. The third kappa shape index (κ3) is 6.15. The number of nitrogens with zero attached hydrogens (tertiary/aromatic N) is 2. The van der Waals surface area contributed by atoms with Gasteiger partial charge in [0, 0.05) is 36.6 Å². The zero-order valence-corrected chi connectivity index (χ0v) is 22.6. The highest BCUT2D eigenvalue weighted by atomic mass is 32.2. The van der Waals surface area contributed by atoms with Gasteiger partial charge in [-0.1, -0.05) is 18.2 Å². The van der Waals surface area contributed by atoms with Crippen molar-refractivity contribution in [1.29, 1.82) is 0 Å². The van der Waals surface area contributed by atoms with E-state index in [-0.39, 0.29) is 29.3 Å². The van der Waals surface area contributed by atoms with Crippen molar-refractivity contribution in [3.05, 3.63) is 82.7 Å². The van der Waals surface area contributed by atoms with Crippen LogP contribution in [0.4, 0.5) is 0 Å². The fraction of sp³-hybridized carbons (Fsp3) is 0.357. The first-order valence-electron chi connectivity index (χ1n) is 12.4. The van der Waals surface area contributed by atoms with Gasteiger partial charge in [-0.25, -0.2) is 13.2 Å². The maximum atomic E-state index is 12.9.